The first kappa shape index (κ1) is 57.2. The molecule has 9 nitrogen and oxygen atoms in total. The number of carbonyl (C=O) groups excluding carboxylic acids is 1. The molecule has 0 spiro atoms. The topological polar surface area (TPSA) is 135 Å². The van der Waals surface area contributed by atoms with Crippen LogP contribution in [-0.4, -0.2) is 89.6 Å². The predicted molar refractivity (Wildman–Crippen MR) is 247 cm³/mol. The molecule has 9 heteroatoms. The van der Waals surface area contributed by atoms with Gasteiger partial charge in [0.1, 0.15) is 30.5 Å². The molecule has 1 saturated heterocycles. The zero-order valence-electron chi connectivity index (χ0n) is 39.5. The molecule has 0 aromatic carbocycles. The third-order valence-corrected chi connectivity index (χ3v) is 12.5. The monoisotopic (exact) mass is 857 g/mol. The van der Waals surface area contributed by atoms with Crippen LogP contribution in [0.1, 0.15) is 258 Å². The molecule has 0 saturated carbocycles. The third-order valence-electron chi connectivity index (χ3n) is 12.5. The highest BCUT2D eigenvalue weighted by molar-refractivity contribution is 5.69. The number of rotatable bonds is 46. The second-order valence-electron chi connectivity index (χ2n) is 18.3. The number of esters is 1. The van der Waals surface area contributed by atoms with Gasteiger partial charge >= 0.3 is 5.97 Å². The van der Waals surface area contributed by atoms with Crippen LogP contribution < -0.4 is 0 Å². The van der Waals surface area contributed by atoms with E-state index in [9.17, 15) is 25.2 Å². The van der Waals surface area contributed by atoms with Crippen molar-refractivity contribution in [1.82, 2.24) is 0 Å². The normalized spacial score (nSPS) is 19.9. The molecule has 0 bridgehead atoms. The van der Waals surface area contributed by atoms with E-state index in [1.54, 1.807) is 0 Å². The molecule has 60 heavy (non-hydrogen) atoms. The maximum Gasteiger partial charge on any atom is 0.306 e. The van der Waals surface area contributed by atoms with Gasteiger partial charge in [0.2, 0.25) is 0 Å². The first-order valence-corrected chi connectivity index (χ1v) is 26.1. The van der Waals surface area contributed by atoms with Gasteiger partial charge in [-0.25, -0.2) is 0 Å². The van der Waals surface area contributed by atoms with Crippen LogP contribution in [0, 0.1) is 0 Å². The van der Waals surface area contributed by atoms with Crippen molar-refractivity contribution in [2.45, 2.75) is 295 Å². The van der Waals surface area contributed by atoms with Crippen molar-refractivity contribution in [3.63, 3.8) is 0 Å². The van der Waals surface area contributed by atoms with Crippen LogP contribution in [0.3, 0.4) is 0 Å². The highest BCUT2D eigenvalue weighted by Gasteiger charge is 2.44. The van der Waals surface area contributed by atoms with Gasteiger partial charge in [0, 0.05) is 13.0 Å². The number of hydrogen-bond donors (Lipinski definition) is 4. The van der Waals surface area contributed by atoms with E-state index in [1.165, 1.54) is 205 Å². The van der Waals surface area contributed by atoms with Crippen molar-refractivity contribution in [2.24, 2.45) is 0 Å². The smallest absolute Gasteiger partial charge is 0.306 e. The minimum atomic E-state index is -1.53. The van der Waals surface area contributed by atoms with E-state index in [-0.39, 0.29) is 19.2 Å². The fourth-order valence-electron chi connectivity index (χ4n) is 8.44. The highest BCUT2D eigenvalue weighted by Crippen LogP contribution is 2.23. The third kappa shape index (κ3) is 33.7. The zero-order chi connectivity index (χ0) is 43.6. The number of carbonyl (C=O) groups is 1. The predicted octanol–water partition coefficient (Wildman–Crippen LogP) is 12.6. The molecular formula is C51H100O9. The number of aliphatic hydroxyl groups excluding tert-OH is 4. The molecule has 0 radical (unpaired) electrons. The lowest BCUT2D eigenvalue weighted by atomic mass is 9.99. The van der Waals surface area contributed by atoms with Crippen LogP contribution in [0.15, 0.2) is 0 Å². The first-order chi connectivity index (χ1) is 29.4. The molecule has 1 aliphatic rings. The lowest BCUT2D eigenvalue weighted by molar-refractivity contribution is -0.305. The van der Waals surface area contributed by atoms with Gasteiger partial charge in [-0.2, -0.15) is 0 Å². The van der Waals surface area contributed by atoms with E-state index in [2.05, 4.69) is 13.8 Å². The summed E-state index contributed by atoms with van der Waals surface area (Å²) in [6.45, 7) is 4.63. The largest absolute Gasteiger partial charge is 0.457 e. The Kier molecular flexibility index (Phi) is 41.4. The summed E-state index contributed by atoms with van der Waals surface area (Å²) in [6.07, 6.45) is 41.3. The van der Waals surface area contributed by atoms with Gasteiger partial charge in [-0.1, -0.05) is 239 Å². The molecule has 358 valence electrons. The standard InChI is InChI=1S/C51H100O9/c1-3-5-7-9-11-13-15-17-19-21-23-24-26-28-30-32-34-36-38-40-47(53)59-45(44-58-51-50(56)49(55)48(54)46(42-52)60-51)43-57-41-39-37-35-33-31-29-27-25-22-20-18-16-14-12-10-8-6-4-2/h45-46,48-52,54-56H,3-44H2,1-2H3. The fraction of sp³-hybridized carbons (Fsp3) is 0.980. The first-order valence-electron chi connectivity index (χ1n) is 26.1. The lowest BCUT2D eigenvalue weighted by Crippen LogP contribution is -2.59. The Balaban J connectivity index is 2.18. The minimum Gasteiger partial charge on any atom is -0.457 e. The van der Waals surface area contributed by atoms with E-state index < -0.39 is 43.4 Å². The Hall–Kier alpha value is -0.810. The van der Waals surface area contributed by atoms with Gasteiger partial charge in [0.25, 0.3) is 0 Å². The van der Waals surface area contributed by atoms with Crippen LogP contribution >= 0.6 is 0 Å². The molecule has 1 heterocycles. The summed E-state index contributed by atoms with van der Waals surface area (Å²) < 4.78 is 22.9. The summed E-state index contributed by atoms with van der Waals surface area (Å²) in [5.41, 5.74) is 0. The van der Waals surface area contributed by atoms with Crippen molar-refractivity contribution in [3.05, 3.63) is 0 Å². The molecular weight excluding hydrogens is 757 g/mol. The molecule has 1 fully saturated rings. The van der Waals surface area contributed by atoms with Crippen molar-refractivity contribution >= 4 is 5.97 Å². The molecule has 6 unspecified atom stereocenters. The Morgan fingerprint density at radius 1 is 0.467 bits per heavy atom. The van der Waals surface area contributed by atoms with Crippen molar-refractivity contribution in [1.29, 1.82) is 0 Å². The molecule has 0 aromatic rings. The van der Waals surface area contributed by atoms with E-state index in [0.29, 0.717) is 13.0 Å². The van der Waals surface area contributed by atoms with E-state index in [1.807, 2.05) is 0 Å². The minimum absolute atomic E-state index is 0.104. The molecule has 0 aromatic heterocycles. The lowest BCUT2D eigenvalue weighted by Gasteiger charge is -2.39. The van der Waals surface area contributed by atoms with Gasteiger partial charge in [-0.3, -0.25) is 4.79 Å². The van der Waals surface area contributed by atoms with Crippen LogP contribution in [0.5, 0.6) is 0 Å². The second-order valence-corrected chi connectivity index (χ2v) is 18.3. The fourth-order valence-corrected chi connectivity index (χ4v) is 8.44. The quantitative estimate of drug-likeness (QED) is 0.0348. The van der Waals surface area contributed by atoms with Gasteiger partial charge in [-0.15, -0.1) is 0 Å². The Labute approximate surface area is 370 Å². The van der Waals surface area contributed by atoms with Crippen LogP contribution in [0.25, 0.3) is 0 Å². The van der Waals surface area contributed by atoms with E-state index in [0.717, 1.165) is 32.1 Å². The average Bonchev–Trinajstić information content (AvgIpc) is 3.25. The van der Waals surface area contributed by atoms with Crippen LogP contribution in [0.4, 0.5) is 0 Å². The van der Waals surface area contributed by atoms with Gasteiger partial charge in [0.05, 0.1) is 19.8 Å². The summed E-state index contributed by atoms with van der Waals surface area (Å²) in [5, 5.41) is 40.2. The average molecular weight is 857 g/mol. The Morgan fingerprint density at radius 3 is 1.18 bits per heavy atom. The number of hydrogen-bond acceptors (Lipinski definition) is 9. The SMILES string of the molecule is CCCCCCCCCCCCCCCCCCCCCC(=O)OC(COCCCCCCCCCCCCCCCCCCCC)COC1OC(CO)C(O)C(O)C1O. The Bertz CT molecular complexity index is 889. The molecule has 1 rings (SSSR count). The maximum absolute atomic E-state index is 12.8. The maximum atomic E-state index is 12.8. The molecule has 0 amide bonds. The van der Waals surface area contributed by atoms with Crippen molar-refractivity contribution in [3.8, 4) is 0 Å². The number of aliphatic hydroxyl groups is 4. The molecule has 1 aliphatic heterocycles. The molecule has 4 N–H and O–H groups in total. The molecule has 6 atom stereocenters. The second kappa shape index (κ2) is 43.4. The van der Waals surface area contributed by atoms with Crippen molar-refractivity contribution in [2.75, 3.05) is 26.4 Å². The summed E-state index contributed by atoms with van der Waals surface area (Å²) >= 11 is 0. The van der Waals surface area contributed by atoms with E-state index >= 15 is 0 Å². The van der Waals surface area contributed by atoms with Gasteiger partial charge in [-0.05, 0) is 12.8 Å². The summed E-state index contributed by atoms with van der Waals surface area (Å²) in [5.74, 6) is -0.304. The van der Waals surface area contributed by atoms with E-state index in [4.69, 9.17) is 18.9 Å². The van der Waals surface area contributed by atoms with Crippen molar-refractivity contribution < 1.29 is 44.2 Å². The van der Waals surface area contributed by atoms with Crippen LogP contribution in [-0.2, 0) is 23.7 Å². The van der Waals surface area contributed by atoms with Crippen LogP contribution in [0.2, 0.25) is 0 Å². The highest BCUT2D eigenvalue weighted by atomic mass is 16.7. The zero-order valence-corrected chi connectivity index (χ0v) is 39.5. The number of ether oxygens (including phenoxy) is 4. The van der Waals surface area contributed by atoms with Gasteiger partial charge in [0.15, 0.2) is 6.29 Å². The summed E-state index contributed by atoms with van der Waals surface area (Å²) in [4.78, 5) is 12.8. The summed E-state index contributed by atoms with van der Waals surface area (Å²) in [6, 6.07) is 0. The molecule has 0 aliphatic carbocycles. The summed E-state index contributed by atoms with van der Waals surface area (Å²) in [7, 11) is 0. The number of unbranched alkanes of at least 4 members (excludes halogenated alkanes) is 35. The van der Waals surface area contributed by atoms with Gasteiger partial charge < -0.3 is 39.4 Å². The Morgan fingerprint density at radius 2 is 0.817 bits per heavy atom.